The maximum Gasteiger partial charge on any atom is 0.303 e. The summed E-state index contributed by atoms with van der Waals surface area (Å²) in [7, 11) is 0. The number of carboxylic acids is 1. The van der Waals surface area contributed by atoms with Gasteiger partial charge in [-0.1, -0.05) is 48.5 Å². The highest BCUT2D eigenvalue weighted by atomic mass is 16.4. The predicted octanol–water partition coefficient (Wildman–Crippen LogP) is 2.74. The topological polar surface area (TPSA) is 74.7 Å². The number of carboxylic acid groups (broad SMARTS) is 1. The molecule has 2 aromatic carbocycles. The van der Waals surface area contributed by atoms with Gasteiger partial charge in [0.2, 0.25) is 11.8 Å². The summed E-state index contributed by atoms with van der Waals surface area (Å²) in [5, 5.41) is 8.87. The van der Waals surface area contributed by atoms with Crippen LogP contribution in [0.3, 0.4) is 0 Å². The molecule has 3 aliphatic carbocycles. The number of likely N-dealkylation sites (tertiary alicyclic amines) is 1. The molecule has 6 rings (SSSR count). The summed E-state index contributed by atoms with van der Waals surface area (Å²) in [4.78, 5) is 38.5. The molecule has 2 atom stereocenters. The summed E-state index contributed by atoms with van der Waals surface area (Å²) in [6.07, 6.45) is 0.251. The Kier molecular flexibility index (Phi) is 3.47. The summed E-state index contributed by atoms with van der Waals surface area (Å²) in [6.45, 7) is 0.184. The number of carbonyl (C=O) groups excluding carboxylic acids is 2. The molecule has 0 spiro atoms. The van der Waals surface area contributed by atoms with Gasteiger partial charge in [-0.3, -0.25) is 19.3 Å². The highest BCUT2D eigenvalue weighted by molar-refractivity contribution is 6.07. The first-order valence-electron chi connectivity index (χ1n) is 9.34. The zero-order valence-electron chi connectivity index (χ0n) is 14.7. The van der Waals surface area contributed by atoms with Crippen LogP contribution in [0.5, 0.6) is 0 Å². The Morgan fingerprint density at radius 3 is 1.59 bits per heavy atom. The van der Waals surface area contributed by atoms with Gasteiger partial charge in [0.05, 0.1) is 11.8 Å². The van der Waals surface area contributed by atoms with Crippen LogP contribution in [-0.2, 0) is 14.4 Å². The molecule has 5 nitrogen and oxygen atoms in total. The first-order valence-corrected chi connectivity index (χ1v) is 9.34. The number of imide groups is 1. The molecule has 0 aromatic heterocycles. The second-order valence-corrected chi connectivity index (χ2v) is 7.59. The molecule has 2 aromatic rings. The highest BCUT2D eigenvalue weighted by Crippen LogP contribution is 2.60. The van der Waals surface area contributed by atoms with Crippen LogP contribution in [0.15, 0.2) is 48.5 Å². The van der Waals surface area contributed by atoms with E-state index in [4.69, 9.17) is 5.11 Å². The predicted molar refractivity (Wildman–Crippen MR) is 97.1 cm³/mol. The molecule has 136 valence electrons. The fraction of sp³-hybridized carbons (Fsp3) is 0.318. The average molecular weight is 361 g/mol. The smallest absolute Gasteiger partial charge is 0.303 e. The number of benzene rings is 2. The van der Waals surface area contributed by atoms with Gasteiger partial charge in [-0.05, 0) is 28.7 Å². The maximum absolute atomic E-state index is 13.2. The van der Waals surface area contributed by atoms with Gasteiger partial charge in [0.15, 0.2) is 0 Å². The number of aliphatic carboxylic acids is 1. The summed E-state index contributed by atoms with van der Waals surface area (Å²) < 4.78 is 0. The van der Waals surface area contributed by atoms with Crippen LogP contribution in [0.25, 0.3) is 0 Å². The molecule has 2 amide bonds. The second-order valence-electron chi connectivity index (χ2n) is 7.59. The Morgan fingerprint density at radius 1 is 0.815 bits per heavy atom. The Hall–Kier alpha value is -2.95. The zero-order chi connectivity index (χ0) is 18.7. The number of amides is 2. The monoisotopic (exact) mass is 361 g/mol. The molecule has 1 heterocycles. The van der Waals surface area contributed by atoms with E-state index in [2.05, 4.69) is 24.3 Å². The fourth-order valence-corrected chi connectivity index (χ4v) is 5.35. The lowest BCUT2D eigenvalue weighted by Crippen LogP contribution is -2.41. The Labute approximate surface area is 156 Å². The van der Waals surface area contributed by atoms with Crippen molar-refractivity contribution in [2.45, 2.75) is 24.7 Å². The molecule has 1 aliphatic heterocycles. The minimum atomic E-state index is -0.911. The van der Waals surface area contributed by atoms with Crippen LogP contribution in [0.2, 0.25) is 0 Å². The van der Waals surface area contributed by atoms with E-state index in [9.17, 15) is 14.4 Å². The molecular weight excluding hydrogens is 342 g/mol. The van der Waals surface area contributed by atoms with Crippen LogP contribution in [0, 0.1) is 11.8 Å². The number of nitrogens with zero attached hydrogens (tertiary/aromatic N) is 1. The zero-order valence-corrected chi connectivity index (χ0v) is 14.7. The van der Waals surface area contributed by atoms with Gasteiger partial charge in [-0.15, -0.1) is 0 Å². The summed E-state index contributed by atoms with van der Waals surface area (Å²) >= 11 is 0. The Balaban J connectivity index is 1.60. The number of rotatable bonds is 4. The van der Waals surface area contributed by atoms with E-state index in [1.165, 1.54) is 4.90 Å². The molecule has 27 heavy (non-hydrogen) atoms. The van der Waals surface area contributed by atoms with Crippen molar-refractivity contribution in [1.82, 2.24) is 4.90 Å². The molecule has 1 N–H and O–H groups in total. The van der Waals surface area contributed by atoms with Crippen molar-refractivity contribution in [2.24, 2.45) is 11.8 Å². The van der Waals surface area contributed by atoms with E-state index in [1.807, 2.05) is 24.3 Å². The van der Waals surface area contributed by atoms with Crippen LogP contribution < -0.4 is 0 Å². The lowest BCUT2D eigenvalue weighted by Gasteiger charge is -2.45. The van der Waals surface area contributed by atoms with Crippen molar-refractivity contribution in [3.8, 4) is 0 Å². The molecule has 5 heteroatoms. The largest absolute Gasteiger partial charge is 0.481 e. The maximum atomic E-state index is 13.2. The Bertz CT molecular complexity index is 866. The Morgan fingerprint density at radius 2 is 1.22 bits per heavy atom. The standard InChI is InChI=1S/C22H19NO4/c24-16(25)10-5-11-23-21(26)19-17-12-6-1-2-7-13(12)18(20(19)22(23)27)15-9-4-3-8-14(15)17/h1-4,6-9,17-20H,5,10-11H2,(H,24,25)/t17?,18?,19-,20-/m1/s1. The third kappa shape index (κ3) is 2.14. The number of hydrogen-bond donors (Lipinski definition) is 1. The van der Waals surface area contributed by atoms with Gasteiger partial charge < -0.3 is 5.11 Å². The van der Waals surface area contributed by atoms with E-state index >= 15 is 0 Å². The number of carbonyl (C=O) groups is 3. The van der Waals surface area contributed by atoms with Gasteiger partial charge in [0.25, 0.3) is 0 Å². The van der Waals surface area contributed by atoms with E-state index in [0.717, 1.165) is 22.3 Å². The van der Waals surface area contributed by atoms with Crippen molar-refractivity contribution < 1.29 is 19.5 Å². The quantitative estimate of drug-likeness (QED) is 0.850. The molecule has 0 unspecified atom stereocenters. The van der Waals surface area contributed by atoms with Gasteiger partial charge in [0, 0.05) is 24.8 Å². The molecule has 1 fully saturated rings. The first kappa shape index (κ1) is 16.2. The molecule has 1 saturated heterocycles. The van der Waals surface area contributed by atoms with Crippen molar-refractivity contribution in [1.29, 1.82) is 0 Å². The minimum Gasteiger partial charge on any atom is -0.481 e. The van der Waals surface area contributed by atoms with E-state index < -0.39 is 5.97 Å². The van der Waals surface area contributed by atoms with E-state index in [0.29, 0.717) is 6.42 Å². The van der Waals surface area contributed by atoms with Crippen molar-refractivity contribution >= 4 is 17.8 Å². The highest BCUT2D eigenvalue weighted by Gasteiger charge is 2.61. The SMILES string of the molecule is O=C(O)CCCN1C(=O)[C@@H]2C3c4ccccc4C(c4ccccc43)[C@H]2C1=O. The third-order valence-corrected chi connectivity index (χ3v) is 6.31. The van der Waals surface area contributed by atoms with E-state index in [1.54, 1.807) is 0 Å². The number of hydrogen-bond acceptors (Lipinski definition) is 3. The molecule has 0 saturated carbocycles. The summed E-state index contributed by atoms with van der Waals surface area (Å²) in [5.74, 6) is -2.16. The van der Waals surface area contributed by atoms with E-state index in [-0.39, 0.29) is 48.5 Å². The normalized spacial score (nSPS) is 27.3. The molecule has 2 bridgehead atoms. The summed E-state index contributed by atoms with van der Waals surface area (Å²) in [5.41, 5.74) is 4.60. The summed E-state index contributed by atoms with van der Waals surface area (Å²) in [6, 6.07) is 16.3. The second kappa shape index (κ2) is 5.78. The van der Waals surface area contributed by atoms with Gasteiger partial charge in [0.1, 0.15) is 0 Å². The lowest BCUT2D eigenvalue weighted by molar-refractivity contribution is -0.142. The minimum absolute atomic E-state index is 0.0420. The molecular formula is C22H19NO4. The fourth-order valence-electron chi connectivity index (χ4n) is 5.35. The van der Waals surface area contributed by atoms with Crippen LogP contribution in [0.4, 0.5) is 0 Å². The van der Waals surface area contributed by atoms with Gasteiger partial charge in [-0.25, -0.2) is 0 Å². The third-order valence-electron chi connectivity index (χ3n) is 6.31. The van der Waals surface area contributed by atoms with Crippen molar-refractivity contribution in [3.05, 3.63) is 70.8 Å². The van der Waals surface area contributed by atoms with Crippen molar-refractivity contribution in [3.63, 3.8) is 0 Å². The molecule has 4 aliphatic rings. The van der Waals surface area contributed by atoms with Crippen LogP contribution >= 0.6 is 0 Å². The van der Waals surface area contributed by atoms with Gasteiger partial charge >= 0.3 is 5.97 Å². The van der Waals surface area contributed by atoms with Crippen molar-refractivity contribution in [2.75, 3.05) is 6.54 Å². The van der Waals surface area contributed by atoms with Crippen LogP contribution in [0.1, 0.15) is 46.9 Å². The average Bonchev–Trinajstić information content (AvgIpc) is 2.93. The molecule has 0 radical (unpaired) electrons. The first-order chi connectivity index (χ1) is 13.1. The van der Waals surface area contributed by atoms with Gasteiger partial charge in [-0.2, -0.15) is 0 Å². The lowest BCUT2D eigenvalue weighted by atomic mass is 9.55. The van der Waals surface area contributed by atoms with Crippen LogP contribution in [-0.4, -0.2) is 34.3 Å².